The van der Waals surface area contributed by atoms with Gasteiger partial charge in [-0.25, -0.2) is 4.57 Å². The van der Waals surface area contributed by atoms with Crippen molar-refractivity contribution in [2.75, 3.05) is 19.8 Å². The van der Waals surface area contributed by atoms with Crippen LogP contribution in [0.5, 0.6) is 0 Å². The molecule has 0 saturated carbocycles. The smallest absolute Gasteiger partial charge is 0.462 e. The number of carbonyl (C=O) groups excluding carboxylic acids is 4. The van der Waals surface area contributed by atoms with Crippen LogP contribution in [0.25, 0.3) is 0 Å². The molecule has 65 heavy (non-hydrogen) atoms. The lowest BCUT2D eigenvalue weighted by Gasteiger charge is -2.21. The van der Waals surface area contributed by atoms with Crippen molar-refractivity contribution in [3.63, 3.8) is 0 Å². The van der Waals surface area contributed by atoms with E-state index in [4.69, 9.17) is 24.0 Å². The molecular formula is C49H98N3O12P. The van der Waals surface area contributed by atoms with Crippen molar-refractivity contribution >= 4 is 31.5 Å². The second-order valence-corrected chi connectivity index (χ2v) is 19.0. The predicted molar refractivity (Wildman–Crippen MR) is 260 cm³/mol. The van der Waals surface area contributed by atoms with Crippen molar-refractivity contribution in [2.24, 2.45) is 0 Å². The molecule has 0 saturated heterocycles. The maximum absolute atomic E-state index is 13.2. The summed E-state index contributed by atoms with van der Waals surface area (Å²) in [7, 11) is -4.64. The third-order valence-electron chi connectivity index (χ3n) is 11.6. The van der Waals surface area contributed by atoms with Gasteiger partial charge < -0.3 is 50.7 Å². The van der Waals surface area contributed by atoms with E-state index in [1.165, 1.54) is 116 Å². The molecule has 0 aliphatic heterocycles. The molecule has 0 fully saturated rings. The Morgan fingerprint density at radius 1 is 0.523 bits per heavy atom. The van der Waals surface area contributed by atoms with Gasteiger partial charge in [-0.2, -0.15) is 0 Å². The molecule has 0 aliphatic rings. The molecule has 0 aromatic carbocycles. The zero-order valence-electron chi connectivity index (χ0n) is 41.3. The fourth-order valence-electron chi connectivity index (χ4n) is 7.75. The third-order valence-corrected chi connectivity index (χ3v) is 11.6. The average molecular weight is 952 g/mol. The quantitative estimate of drug-likeness (QED) is 0.0157. The largest absolute Gasteiger partial charge is 0.466 e. The van der Waals surface area contributed by atoms with Crippen LogP contribution in [0.15, 0.2) is 0 Å². The second-order valence-electron chi connectivity index (χ2n) is 18.0. The lowest BCUT2D eigenvalue weighted by atomic mass is 10.0. The zero-order chi connectivity index (χ0) is 48.8. The number of phosphoric acid groups is 1. The van der Waals surface area contributed by atoms with Crippen molar-refractivity contribution in [1.29, 1.82) is 0 Å². The van der Waals surface area contributed by atoms with Gasteiger partial charge in [0.05, 0.1) is 31.6 Å². The Morgan fingerprint density at radius 3 is 1.38 bits per heavy atom. The van der Waals surface area contributed by atoms with E-state index < -0.39 is 43.9 Å². The Hall–Kier alpha value is -2.13. The molecule has 0 radical (unpaired) electrons. The molecule has 0 aliphatic carbocycles. The summed E-state index contributed by atoms with van der Waals surface area (Å²) in [4.78, 5) is 73.3. The molecule has 9 N–H and O–H groups in total. The number of hydrogen-bond acceptors (Lipinski definition) is 9. The van der Waals surface area contributed by atoms with Gasteiger partial charge in [-0.3, -0.25) is 19.2 Å². The zero-order valence-corrected chi connectivity index (χ0v) is 42.2. The van der Waals surface area contributed by atoms with Crippen LogP contribution in [0, 0.1) is 0 Å². The highest BCUT2D eigenvalue weighted by Gasteiger charge is 2.24. The Labute approximate surface area is 394 Å². The van der Waals surface area contributed by atoms with E-state index in [0.29, 0.717) is 32.1 Å². The SMILES string of the molecule is CCCCCCCCCCCC(=O)OC(CCCCCCCCCCC)CC(=O)NC(CCO)C(=O)NCCCC(CO)NC(=O)CC(O)CCCCCCCCCCC.O=P(O)(O)O. The van der Waals surface area contributed by atoms with Crippen LogP contribution in [0.4, 0.5) is 0 Å². The maximum atomic E-state index is 13.2. The minimum Gasteiger partial charge on any atom is -0.462 e. The van der Waals surface area contributed by atoms with E-state index in [1.807, 2.05) is 0 Å². The lowest BCUT2D eigenvalue weighted by Crippen LogP contribution is -2.48. The molecule has 0 aromatic rings. The van der Waals surface area contributed by atoms with Crippen molar-refractivity contribution in [1.82, 2.24) is 16.0 Å². The first kappa shape index (κ1) is 65.0. The van der Waals surface area contributed by atoms with Gasteiger partial charge in [0.25, 0.3) is 0 Å². The Morgan fingerprint density at radius 2 is 0.938 bits per heavy atom. The first-order valence-electron chi connectivity index (χ1n) is 25.9. The number of ether oxygens (including phenoxy) is 1. The minimum absolute atomic E-state index is 0.00858. The van der Waals surface area contributed by atoms with Crippen LogP contribution in [0.1, 0.15) is 245 Å². The summed E-state index contributed by atoms with van der Waals surface area (Å²) in [6, 6.07) is -1.46. The maximum Gasteiger partial charge on any atom is 0.466 e. The number of hydrogen-bond donors (Lipinski definition) is 9. The summed E-state index contributed by atoms with van der Waals surface area (Å²) in [5.41, 5.74) is 0. The van der Waals surface area contributed by atoms with Crippen molar-refractivity contribution in [3.8, 4) is 0 Å². The second kappa shape index (κ2) is 47.0. The number of carbonyl (C=O) groups is 4. The van der Waals surface area contributed by atoms with E-state index >= 15 is 0 Å². The first-order chi connectivity index (χ1) is 31.2. The van der Waals surface area contributed by atoms with Crippen LogP contribution in [0.3, 0.4) is 0 Å². The Balaban J connectivity index is 0. The fourth-order valence-corrected chi connectivity index (χ4v) is 7.75. The van der Waals surface area contributed by atoms with Crippen LogP contribution in [-0.4, -0.2) is 97.7 Å². The first-order valence-corrected chi connectivity index (χ1v) is 27.5. The van der Waals surface area contributed by atoms with Gasteiger partial charge in [0.2, 0.25) is 17.7 Å². The standard InChI is InChI=1S/C49H95N3O8.H3O4P/c1-4-7-10-13-16-19-22-25-28-33-43(55)39-46(56)51-42(41-54)32-31-37-50-49(59)45(36-38-53)52-47(57)40-44(34-29-26-23-20-17-14-11-8-5-2)60-48(58)35-30-27-24-21-18-15-12-9-6-3;1-5(2,3)4/h42-45,53-55H,4-41H2,1-3H3,(H,50,59)(H,51,56)(H,52,57);(H3,1,2,3,4). The van der Waals surface area contributed by atoms with E-state index in [0.717, 1.165) is 57.8 Å². The van der Waals surface area contributed by atoms with Gasteiger partial charge >= 0.3 is 13.8 Å². The molecule has 15 nitrogen and oxygen atoms in total. The van der Waals surface area contributed by atoms with E-state index in [-0.39, 0.29) is 50.9 Å². The number of amides is 3. The highest BCUT2D eigenvalue weighted by molar-refractivity contribution is 7.45. The van der Waals surface area contributed by atoms with Crippen molar-refractivity contribution < 1.29 is 58.5 Å². The molecule has 0 spiro atoms. The van der Waals surface area contributed by atoms with E-state index in [9.17, 15) is 34.5 Å². The Bertz CT molecular complexity index is 1170. The molecule has 0 heterocycles. The van der Waals surface area contributed by atoms with Gasteiger partial charge in [-0.15, -0.1) is 0 Å². The molecule has 3 amide bonds. The lowest BCUT2D eigenvalue weighted by molar-refractivity contribution is -0.151. The summed E-state index contributed by atoms with van der Waals surface area (Å²) < 4.78 is 14.7. The predicted octanol–water partition coefficient (Wildman–Crippen LogP) is 9.11. The van der Waals surface area contributed by atoms with Crippen LogP contribution < -0.4 is 16.0 Å². The molecule has 4 atom stereocenters. The summed E-state index contributed by atoms with van der Waals surface area (Å²) in [6.07, 6.45) is 32.7. The number of unbranched alkanes of at least 4 members (excludes halogenated alkanes) is 24. The molecule has 0 aromatic heterocycles. The summed E-state index contributed by atoms with van der Waals surface area (Å²) >= 11 is 0. The van der Waals surface area contributed by atoms with Gasteiger partial charge in [-0.1, -0.05) is 181 Å². The number of esters is 1. The summed E-state index contributed by atoms with van der Waals surface area (Å²) in [6.45, 7) is 6.35. The number of aliphatic hydroxyl groups excluding tert-OH is 3. The van der Waals surface area contributed by atoms with Crippen LogP contribution in [-0.2, 0) is 28.5 Å². The van der Waals surface area contributed by atoms with E-state index in [1.54, 1.807) is 0 Å². The number of aliphatic hydroxyl groups is 3. The monoisotopic (exact) mass is 952 g/mol. The van der Waals surface area contributed by atoms with Gasteiger partial charge in [0.15, 0.2) is 0 Å². The van der Waals surface area contributed by atoms with Gasteiger partial charge in [0.1, 0.15) is 12.1 Å². The van der Waals surface area contributed by atoms with E-state index in [2.05, 4.69) is 36.7 Å². The van der Waals surface area contributed by atoms with Gasteiger partial charge in [0, 0.05) is 19.6 Å². The van der Waals surface area contributed by atoms with Gasteiger partial charge in [-0.05, 0) is 44.9 Å². The third kappa shape index (κ3) is 49.6. The van der Waals surface area contributed by atoms with Crippen LogP contribution >= 0.6 is 7.82 Å². The van der Waals surface area contributed by atoms with Crippen LogP contribution in [0.2, 0.25) is 0 Å². The topological polar surface area (TPSA) is 252 Å². The molecule has 0 rings (SSSR count). The molecular weight excluding hydrogens is 854 g/mol. The van der Waals surface area contributed by atoms with Crippen molar-refractivity contribution in [3.05, 3.63) is 0 Å². The summed E-state index contributed by atoms with van der Waals surface area (Å²) in [5, 5.41) is 38.3. The molecule has 386 valence electrons. The molecule has 0 bridgehead atoms. The molecule has 4 unspecified atom stereocenters. The highest BCUT2D eigenvalue weighted by Crippen LogP contribution is 2.26. The minimum atomic E-state index is -4.64. The molecule has 16 heteroatoms. The normalized spacial score (nSPS) is 13.2. The Kier molecular flexibility index (Phi) is 46.9. The highest BCUT2D eigenvalue weighted by atomic mass is 31.2. The number of nitrogens with one attached hydrogen (secondary N) is 3. The number of rotatable bonds is 45. The summed E-state index contributed by atoms with van der Waals surface area (Å²) in [5.74, 6) is -1.42. The van der Waals surface area contributed by atoms with Crippen molar-refractivity contribution in [2.45, 2.75) is 270 Å². The average Bonchev–Trinajstić information content (AvgIpc) is 3.24. The fraction of sp³-hybridized carbons (Fsp3) is 0.918.